The van der Waals surface area contributed by atoms with Gasteiger partial charge in [-0.1, -0.05) is 12.1 Å². The van der Waals surface area contributed by atoms with Gasteiger partial charge in [-0.05, 0) is 49.9 Å². The Morgan fingerprint density at radius 3 is 2.58 bits per heavy atom. The van der Waals surface area contributed by atoms with Crippen LogP contribution in [-0.2, 0) is 4.79 Å². The van der Waals surface area contributed by atoms with Gasteiger partial charge in [0.1, 0.15) is 17.4 Å². The minimum atomic E-state index is -0.394. The molecule has 1 fully saturated rings. The Hall–Kier alpha value is -3.07. The summed E-state index contributed by atoms with van der Waals surface area (Å²) in [5.74, 6) is 0.588. The van der Waals surface area contributed by atoms with Crippen molar-refractivity contribution in [3.05, 3.63) is 51.9 Å². The molecule has 1 aliphatic heterocycles. The highest BCUT2D eigenvalue weighted by molar-refractivity contribution is 5.78. The van der Waals surface area contributed by atoms with Crippen molar-refractivity contribution < 1.29 is 9.53 Å². The van der Waals surface area contributed by atoms with E-state index in [0.717, 1.165) is 31.5 Å². The average Bonchev–Trinajstić information content (AvgIpc) is 2.66. The molecule has 0 unspecified atom stereocenters. The zero-order chi connectivity index (χ0) is 18.5. The second-order valence-electron chi connectivity index (χ2n) is 6.44. The molecule has 1 saturated heterocycles. The van der Waals surface area contributed by atoms with Gasteiger partial charge in [0.05, 0.1) is 0 Å². The molecule has 0 saturated carbocycles. The number of aromatic amines is 1. The molecule has 1 aliphatic rings. The molecule has 2 heterocycles. The lowest BCUT2D eigenvalue weighted by Gasteiger charge is -2.26. The van der Waals surface area contributed by atoms with Crippen molar-refractivity contribution in [3.8, 4) is 22.9 Å². The van der Waals surface area contributed by atoms with E-state index in [1.165, 1.54) is 6.42 Å². The van der Waals surface area contributed by atoms with Crippen LogP contribution in [0.2, 0.25) is 0 Å². The van der Waals surface area contributed by atoms with Gasteiger partial charge in [-0.2, -0.15) is 5.26 Å². The zero-order valence-electron chi connectivity index (χ0n) is 14.7. The third kappa shape index (κ3) is 3.94. The van der Waals surface area contributed by atoms with E-state index in [9.17, 15) is 14.9 Å². The van der Waals surface area contributed by atoms with Gasteiger partial charge in [-0.3, -0.25) is 9.59 Å². The first-order valence-corrected chi connectivity index (χ1v) is 8.73. The van der Waals surface area contributed by atoms with Crippen LogP contribution in [0.25, 0.3) is 11.1 Å². The van der Waals surface area contributed by atoms with E-state index in [0.29, 0.717) is 17.0 Å². The summed E-state index contributed by atoms with van der Waals surface area (Å²) in [6.07, 6.45) is 3.28. The lowest BCUT2D eigenvalue weighted by molar-refractivity contribution is -0.134. The van der Waals surface area contributed by atoms with Gasteiger partial charge in [0.2, 0.25) is 0 Å². The van der Waals surface area contributed by atoms with E-state index < -0.39 is 5.56 Å². The number of nitrogens with one attached hydrogen (secondary N) is 1. The largest absolute Gasteiger partial charge is 0.484 e. The first-order valence-electron chi connectivity index (χ1n) is 8.73. The number of benzene rings is 1. The molecular formula is C20H21N3O3. The highest BCUT2D eigenvalue weighted by Crippen LogP contribution is 2.24. The van der Waals surface area contributed by atoms with Gasteiger partial charge in [0, 0.05) is 24.3 Å². The van der Waals surface area contributed by atoms with E-state index in [1.807, 2.05) is 11.0 Å². The van der Waals surface area contributed by atoms with Crippen LogP contribution in [0.5, 0.6) is 5.75 Å². The lowest BCUT2D eigenvalue weighted by atomic mass is 10.0. The molecule has 134 valence electrons. The Morgan fingerprint density at radius 1 is 1.23 bits per heavy atom. The monoisotopic (exact) mass is 351 g/mol. The third-order valence-electron chi connectivity index (χ3n) is 4.52. The van der Waals surface area contributed by atoms with Crippen LogP contribution >= 0.6 is 0 Å². The van der Waals surface area contributed by atoms with Crippen LogP contribution in [0.1, 0.15) is 30.5 Å². The van der Waals surface area contributed by atoms with Crippen molar-refractivity contribution in [2.45, 2.75) is 26.2 Å². The number of carbonyl (C=O) groups is 1. The SMILES string of the molecule is Cc1cc(-c2ccc(OCC(=O)N3CCCCC3)cc2)c(C#N)c(=O)[nH]1. The van der Waals surface area contributed by atoms with Gasteiger partial charge in [0.15, 0.2) is 6.61 Å². The topological polar surface area (TPSA) is 86.2 Å². The summed E-state index contributed by atoms with van der Waals surface area (Å²) < 4.78 is 5.59. The number of hydrogen-bond acceptors (Lipinski definition) is 4. The highest BCUT2D eigenvalue weighted by Gasteiger charge is 2.17. The van der Waals surface area contributed by atoms with Crippen molar-refractivity contribution in [3.63, 3.8) is 0 Å². The first kappa shape index (κ1) is 17.7. The van der Waals surface area contributed by atoms with Gasteiger partial charge in [-0.25, -0.2) is 0 Å². The number of nitrogens with zero attached hydrogens (tertiary/aromatic N) is 2. The lowest BCUT2D eigenvalue weighted by Crippen LogP contribution is -2.38. The maximum absolute atomic E-state index is 12.1. The predicted molar refractivity (Wildman–Crippen MR) is 97.9 cm³/mol. The van der Waals surface area contributed by atoms with E-state index in [-0.39, 0.29) is 18.1 Å². The standard InChI is InChI=1S/C20H21N3O3/c1-14-11-17(18(12-21)20(25)22-14)15-5-7-16(8-6-15)26-13-19(24)23-9-3-2-4-10-23/h5-8,11H,2-4,9-10,13H2,1H3,(H,22,25). The number of hydrogen-bond donors (Lipinski definition) is 1. The summed E-state index contributed by atoms with van der Waals surface area (Å²) in [5, 5.41) is 9.24. The van der Waals surface area contributed by atoms with Gasteiger partial charge in [-0.15, -0.1) is 0 Å². The molecule has 2 aromatic rings. The second-order valence-corrected chi connectivity index (χ2v) is 6.44. The molecule has 3 rings (SSSR count). The van der Waals surface area contributed by atoms with Gasteiger partial charge >= 0.3 is 0 Å². The van der Waals surface area contributed by atoms with E-state index in [2.05, 4.69) is 4.98 Å². The summed E-state index contributed by atoms with van der Waals surface area (Å²) in [4.78, 5) is 28.5. The number of nitriles is 1. The molecule has 1 N–H and O–H groups in total. The maximum atomic E-state index is 12.1. The fourth-order valence-electron chi connectivity index (χ4n) is 3.14. The second kappa shape index (κ2) is 7.87. The Morgan fingerprint density at radius 2 is 1.92 bits per heavy atom. The Bertz CT molecular complexity index is 888. The summed E-state index contributed by atoms with van der Waals surface area (Å²) in [6, 6.07) is 10.8. The summed E-state index contributed by atoms with van der Waals surface area (Å²) in [6.45, 7) is 3.41. The van der Waals surface area contributed by atoms with Crippen molar-refractivity contribution in [2.75, 3.05) is 19.7 Å². The van der Waals surface area contributed by atoms with Crippen LogP contribution in [0, 0.1) is 18.3 Å². The molecule has 6 nitrogen and oxygen atoms in total. The van der Waals surface area contributed by atoms with E-state index in [1.54, 1.807) is 37.3 Å². The van der Waals surface area contributed by atoms with Gasteiger partial charge < -0.3 is 14.6 Å². The first-order chi connectivity index (χ1) is 12.6. The van der Waals surface area contributed by atoms with Crippen molar-refractivity contribution in [1.82, 2.24) is 9.88 Å². The number of aromatic nitrogens is 1. The van der Waals surface area contributed by atoms with Crippen molar-refractivity contribution in [2.24, 2.45) is 0 Å². The van der Waals surface area contributed by atoms with Crippen LogP contribution < -0.4 is 10.3 Å². The molecule has 0 radical (unpaired) electrons. The molecule has 0 aliphatic carbocycles. The number of piperidine rings is 1. The molecule has 0 bridgehead atoms. The number of likely N-dealkylation sites (tertiary alicyclic amines) is 1. The van der Waals surface area contributed by atoms with Crippen LogP contribution in [0.4, 0.5) is 0 Å². The fraction of sp³-hybridized carbons (Fsp3) is 0.350. The number of amides is 1. The zero-order valence-corrected chi connectivity index (χ0v) is 14.7. The molecule has 6 heteroatoms. The number of aryl methyl sites for hydroxylation is 1. The summed E-state index contributed by atoms with van der Waals surface area (Å²) >= 11 is 0. The molecule has 1 aromatic heterocycles. The molecule has 26 heavy (non-hydrogen) atoms. The quantitative estimate of drug-likeness (QED) is 0.917. The Balaban J connectivity index is 1.70. The molecule has 1 amide bonds. The van der Waals surface area contributed by atoms with Crippen molar-refractivity contribution >= 4 is 5.91 Å². The van der Waals surface area contributed by atoms with Crippen LogP contribution in [0.3, 0.4) is 0 Å². The van der Waals surface area contributed by atoms with Crippen LogP contribution in [0.15, 0.2) is 35.1 Å². The van der Waals surface area contributed by atoms with Gasteiger partial charge in [0.25, 0.3) is 11.5 Å². The normalized spacial score (nSPS) is 13.9. The average molecular weight is 351 g/mol. The smallest absolute Gasteiger partial charge is 0.266 e. The molecule has 0 atom stereocenters. The fourth-order valence-corrected chi connectivity index (χ4v) is 3.14. The minimum Gasteiger partial charge on any atom is -0.484 e. The Kier molecular flexibility index (Phi) is 5.37. The summed E-state index contributed by atoms with van der Waals surface area (Å²) in [7, 11) is 0. The number of carbonyl (C=O) groups excluding carboxylic acids is 1. The number of ether oxygens (including phenoxy) is 1. The molecule has 0 spiro atoms. The number of rotatable bonds is 4. The number of pyridine rings is 1. The summed E-state index contributed by atoms with van der Waals surface area (Å²) in [5.41, 5.74) is 1.73. The van der Waals surface area contributed by atoms with Crippen LogP contribution in [-0.4, -0.2) is 35.5 Å². The third-order valence-corrected chi connectivity index (χ3v) is 4.52. The molecular weight excluding hydrogens is 330 g/mol. The minimum absolute atomic E-state index is 0.00533. The number of H-pyrrole nitrogens is 1. The van der Waals surface area contributed by atoms with E-state index in [4.69, 9.17) is 4.74 Å². The van der Waals surface area contributed by atoms with Crippen molar-refractivity contribution in [1.29, 1.82) is 5.26 Å². The van der Waals surface area contributed by atoms with E-state index >= 15 is 0 Å². The predicted octanol–water partition coefficient (Wildman–Crippen LogP) is 2.61. The molecule has 1 aromatic carbocycles. The maximum Gasteiger partial charge on any atom is 0.266 e. The Labute approximate surface area is 152 Å². The highest BCUT2D eigenvalue weighted by atomic mass is 16.5.